The molecule has 8 heteroatoms. The van der Waals surface area contributed by atoms with Gasteiger partial charge in [0.15, 0.2) is 0 Å². The zero-order chi connectivity index (χ0) is 16.2. The van der Waals surface area contributed by atoms with Crippen LogP contribution in [0.3, 0.4) is 0 Å². The van der Waals surface area contributed by atoms with Gasteiger partial charge in [-0.25, -0.2) is 9.59 Å². The number of hydrogen-bond donors (Lipinski definition) is 2. The van der Waals surface area contributed by atoms with Crippen molar-refractivity contribution in [3.05, 3.63) is 0 Å². The number of halogens is 3. The van der Waals surface area contributed by atoms with Gasteiger partial charge in [0.1, 0.15) is 6.04 Å². The van der Waals surface area contributed by atoms with Crippen LogP contribution in [-0.4, -0.2) is 47.3 Å². The predicted octanol–water partition coefficient (Wildman–Crippen LogP) is 2.47. The van der Waals surface area contributed by atoms with Gasteiger partial charge in [0.25, 0.3) is 0 Å². The molecule has 2 amide bonds. The second-order valence-electron chi connectivity index (χ2n) is 5.48. The van der Waals surface area contributed by atoms with Crippen molar-refractivity contribution < 1.29 is 27.9 Å². The van der Waals surface area contributed by atoms with Crippen molar-refractivity contribution in [3.63, 3.8) is 0 Å². The number of likely N-dealkylation sites (tertiary alicyclic amines) is 1. The molecule has 0 aromatic heterocycles. The number of urea groups is 1. The highest BCUT2D eigenvalue weighted by atomic mass is 19.4. The molecule has 0 aromatic carbocycles. The van der Waals surface area contributed by atoms with E-state index in [4.69, 9.17) is 5.11 Å². The van der Waals surface area contributed by atoms with E-state index in [9.17, 15) is 22.8 Å². The van der Waals surface area contributed by atoms with Gasteiger partial charge in [0.2, 0.25) is 0 Å². The average Bonchev–Trinajstić information content (AvgIpc) is 2.42. The number of carboxylic acid groups (broad SMARTS) is 1. The minimum absolute atomic E-state index is 0.000994. The standard InChI is InChI=1S/C13H21F3N2O3/c1-3-8(2)10(11(19)20)17-12(21)18-6-4-5-9(7-18)13(14,15)16/h8-10H,3-7H2,1-2H3,(H,17,21)(H,19,20)/t8?,9?,10-/m0/s1. The zero-order valence-corrected chi connectivity index (χ0v) is 12.1. The molecule has 1 aliphatic rings. The van der Waals surface area contributed by atoms with Crippen LogP contribution in [0.15, 0.2) is 0 Å². The third-order valence-electron chi connectivity index (χ3n) is 3.93. The van der Waals surface area contributed by atoms with E-state index >= 15 is 0 Å². The lowest BCUT2D eigenvalue weighted by Gasteiger charge is -2.34. The summed E-state index contributed by atoms with van der Waals surface area (Å²) < 4.78 is 38.1. The fourth-order valence-corrected chi connectivity index (χ4v) is 2.34. The van der Waals surface area contributed by atoms with E-state index in [0.717, 1.165) is 4.90 Å². The van der Waals surface area contributed by atoms with Gasteiger partial charge in [-0.1, -0.05) is 20.3 Å². The molecule has 3 atom stereocenters. The number of carbonyl (C=O) groups is 2. The molecule has 21 heavy (non-hydrogen) atoms. The lowest BCUT2D eigenvalue weighted by Crippen LogP contribution is -2.54. The monoisotopic (exact) mass is 310 g/mol. The second-order valence-corrected chi connectivity index (χ2v) is 5.48. The summed E-state index contributed by atoms with van der Waals surface area (Å²) in [5.74, 6) is -3.01. The summed E-state index contributed by atoms with van der Waals surface area (Å²) in [5, 5.41) is 11.4. The number of carbonyl (C=O) groups excluding carboxylic acids is 1. The van der Waals surface area contributed by atoms with Crippen LogP contribution in [0.4, 0.5) is 18.0 Å². The van der Waals surface area contributed by atoms with Crippen molar-refractivity contribution in [3.8, 4) is 0 Å². The van der Waals surface area contributed by atoms with Gasteiger partial charge >= 0.3 is 18.2 Å². The van der Waals surface area contributed by atoms with Gasteiger partial charge in [-0.15, -0.1) is 0 Å². The van der Waals surface area contributed by atoms with E-state index in [0.29, 0.717) is 6.42 Å². The Kier molecular flexibility index (Phi) is 5.86. The van der Waals surface area contributed by atoms with Crippen molar-refractivity contribution in [2.75, 3.05) is 13.1 Å². The summed E-state index contributed by atoms with van der Waals surface area (Å²) in [7, 11) is 0. The molecule has 1 rings (SSSR count). The number of piperidine rings is 1. The van der Waals surface area contributed by atoms with Gasteiger partial charge in [-0.05, 0) is 18.8 Å². The smallest absolute Gasteiger partial charge is 0.393 e. The van der Waals surface area contributed by atoms with Gasteiger partial charge in [0, 0.05) is 13.1 Å². The summed E-state index contributed by atoms with van der Waals surface area (Å²) in [6.07, 6.45) is -3.52. The molecule has 0 radical (unpaired) electrons. The molecule has 5 nitrogen and oxygen atoms in total. The summed E-state index contributed by atoms with van der Waals surface area (Å²) in [6.45, 7) is 3.26. The first-order chi connectivity index (χ1) is 9.66. The van der Waals surface area contributed by atoms with E-state index in [1.807, 2.05) is 0 Å². The molecule has 0 aliphatic carbocycles. The Morgan fingerprint density at radius 1 is 1.43 bits per heavy atom. The van der Waals surface area contributed by atoms with Crippen LogP contribution in [-0.2, 0) is 4.79 Å². The Morgan fingerprint density at radius 3 is 2.52 bits per heavy atom. The Morgan fingerprint density at radius 2 is 2.05 bits per heavy atom. The summed E-state index contributed by atoms with van der Waals surface area (Å²) >= 11 is 0. The number of nitrogens with zero attached hydrogens (tertiary/aromatic N) is 1. The third-order valence-corrected chi connectivity index (χ3v) is 3.93. The van der Waals surface area contributed by atoms with Crippen molar-refractivity contribution in [1.29, 1.82) is 0 Å². The van der Waals surface area contributed by atoms with Crippen molar-refractivity contribution in [1.82, 2.24) is 10.2 Å². The van der Waals surface area contributed by atoms with Crippen molar-refractivity contribution >= 4 is 12.0 Å². The van der Waals surface area contributed by atoms with Crippen molar-refractivity contribution in [2.24, 2.45) is 11.8 Å². The lowest BCUT2D eigenvalue weighted by atomic mass is 9.97. The minimum atomic E-state index is -4.33. The third kappa shape index (κ3) is 4.78. The highest BCUT2D eigenvalue weighted by molar-refractivity contribution is 5.82. The maximum Gasteiger partial charge on any atom is 0.393 e. The van der Waals surface area contributed by atoms with E-state index in [1.54, 1.807) is 13.8 Å². The molecule has 0 aromatic rings. The van der Waals surface area contributed by atoms with Gasteiger partial charge in [-0.3, -0.25) is 0 Å². The molecule has 2 unspecified atom stereocenters. The number of alkyl halides is 3. The van der Waals surface area contributed by atoms with E-state index in [2.05, 4.69) is 5.32 Å². The Balaban J connectivity index is 2.67. The molecule has 1 saturated heterocycles. The molecular formula is C13H21F3N2O3. The molecule has 2 N–H and O–H groups in total. The van der Waals surface area contributed by atoms with Crippen LogP contribution in [0.2, 0.25) is 0 Å². The summed E-state index contributed by atoms with van der Waals surface area (Å²) in [6, 6.07) is -1.83. The molecular weight excluding hydrogens is 289 g/mol. The van der Waals surface area contributed by atoms with Crippen LogP contribution in [0.1, 0.15) is 33.1 Å². The fourth-order valence-electron chi connectivity index (χ4n) is 2.34. The first-order valence-electron chi connectivity index (χ1n) is 7.01. The van der Waals surface area contributed by atoms with E-state index in [1.165, 1.54) is 0 Å². The Labute approximate surface area is 121 Å². The number of rotatable bonds is 4. The first kappa shape index (κ1) is 17.6. The fraction of sp³-hybridized carbons (Fsp3) is 0.846. The second kappa shape index (κ2) is 7.00. The van der Waals surface area contributed by atoms with Crippen LogP contribution >= 0.6 is 0 Å². The number of aliphatic carboxylic acids is 1. The molecule has 0 bridgehead atoms. The van der Waals surface area contributed by atoms with Crippen LogP contribution in [0.25, 0.3) is 0 Å². The number of amides is 2. The van der Waals surface area contributed by atoms with E-state index < -0.39 is 36.7 Å². The zero-order valence-electron chi connectivity index (χ0n) is 12.1. The van der Waals surface area contributed by atoms with E-state index in [-0.39, 0.29) is 25.3 Å². The average molecular weight is 310 g/mol. The number of carboxylic acids is 1. The molecule has 1 heterocycles. The Bertz CT molecular complexity index is 387. The molecule has 1 fully saturated rings. The lowest BCUT2D eigenvalue weighted by molar-refractivity contribution is -0.184. The maximum absolute atomic E-state index is 12.7. The van der Waals surface area contributed by atoms with Crippen LogP contribution < -0.4 is 5.32 Å². The molecule has 122 valence electrons. The maximum atomic E-state index is 12.7. The highest BCUT2D eigenvalue weighted by Gasteiger charge is 2.43. The highest BCUT2D eigenvalue weighted by Crippen LogP contribution is 2.33. The molecule has 1 aliphatic heterocycles. The van der Waals surface area contributed by atoms with Crippen LogP contribution in [0.5, 0.6) is 0 Å². The first-order valence-corrected chi connectivity index (χ1v) is 7.01. The predicted molar refractivity (Wildman–Crippen MR) is 69.8 cm³/mol. The quantitative estimate of drug-likeness (QED) is 0.838. The van der Waals surface area contributed by atoms with Gasteiger partial charge in [-0.2, -0.15) is 13.2 Å². The molecule has 0 saturated carbocycles. The Hall–Kier alpha value is -1.47. The van der Waals surface area contributed by atoms with Crippen LogP contribution in [0, 0.1) is 11.8 Å². The normalized spacial score (nSPS) is 22.5. The van der Waals surface area contributed by atoms with Crippen molar-refractivity contribution in [2.45, 2.75) is 45.3 Å². The number of nitrogens with one attached hydrogen (secondary N) is 1. The van der Waals surface area contributed by atoms with Gasteiger partial charge in [0.05, 0.1) is 5.92 Å². The largest absolute Gasteiger partial charge is 0.480 e. The SMILES string of the molecule is CCC(C)[C@H](NC(=O)N1CCCC(C(F)(F)F)C1)C(=O)O. The molecule has 0 spiro atoms. The topological polar surface area (TPSA) is 69.6 Å². The minimum Gasteiger partial charge on any atom is -0.480 e. The summed E-state index contributed by atoms with van der Waals surface area (Å²) in [4.78, 5) is 24.2. The number of hydrogen-bond acceptors (Lipinski definition) is 2. The summed E-state index contributed by atoms with van der Waals surface area (Å²) in [5.41, 5.74) is 0. The van der Waals surface area contributed by atoms with Gasteiger partial charge < -0.3 is 15.3 Å².